The maximum absolute atomic E-state index is 13.0. The van der Waals surface area contributed by atoms with Gasteiger partial charge in [-0.2, -0.15) is 0 Å². The monoisotopic (exact) mass is 378 g/mol. The van der Waals surface area contributed by atoms with Crippen molar-refractivity contribution in [2.75, 3.05) is 13.1 Å². The number of rotatable bonds is 6. The maximum Gasteiger partial charge on any atom is 0.225 e. The van der Waals surface area contributed by atoms with E-state index in [9.17, 15) is 9.59 Å². The molecule has 3 rings (SSSR count). The third-order valence-electron chi connectivity index (χ3n) is 5.47. The average molecular weight is 379 g/mol. The Labute approximate surface area is 167 Å². The van der Waals surface area contributed by atoms with Crippen molar-refractivity contribution in [2.45, 2.75) is 39.2 Å². The van der Waals surface area contributed by atoms with Crippen molar-refractivity contribution in [1.29, 1.82) is 0 Å². The van der Waals surface area contributed by atoms with Crippen molar-refractivity contribution >= 4 is 11.8 Å². The molecule has 0 aliphatic carbocycles. The van der Waals surface area contributed by atoms with Crippen LogP contribution in [0.3, 0.4) is 0 Å². The summed E-state index contributed by atoms with van der Waals surface area (Å²) in [5.74, 6) is 0.267. The molecule has 0 unspecified atom stereocenters. The van der Waals surface area contributed by atoms with Gasteiger partial charge in [0.1, 0.15) is 0 Å². The fourth-order valence-electron chi connectivity index (χ4n) is 3.80. The van der Waals surface area contributed by atoms with Crippen LogP contribution in [0.15, 0.2) is 60.7 Å². The Morgan fingerprint density at radius 1 is 0.964 bits per heavy atom. The van der Waals surface area contributed by atoms with Gasteiger partial charge in [0.2, 0.25) is 11.8 Å². The molecule has 0 bridgehead atoms. The number of nitrogens with one attached hydrogen (secondary N) is 1. The van der Waals surface area contributed by atoms with Crippen LogP contribution < -0.4 is 5.32 Å². The highest BCUT2D eigenvalue weighted by molar-refractivity contribution is 5.81. The Morgan fingerprint density at radius 3 is 2.11 bits per heavy atom. The molecular weight excluding hydrogens is 348 g/mol. The topological polar surface area (TPSA) is 49.4 Å². The second-order valence-corrected chi connectivity index (χ2v) is 7.92. The van der Waals surface area contributed by atoms with Crippen molar-refractivity contribution in [1.82, 2.24) is 10.2 Å². The van der Waals surface area contributed by atoms with Crippen LogP contribution in [0.1, 0.15) is 43.9 Å². The number of carbonyl (C=O) groups is 2. The Morgan fingerprint density at radius 2 is 1.54 bits per heavy atom. The van der Waals surface area contributed by atoms with Gasteiger partial charge in [-0.15, -0.1) is 0 Å². The van der Waals surface area contributed by atoms with Gasteiger partial charge < -0.3 is 10.2 Å². The first-order valence-corrected chi connectivity index (χ1v) is 10.2. The summed E-state index contributed by atoms with van der Waals surface area (Å²) in [5, 5.41) is 3.28. The smallest absolute Gasteiger partial charge is 0.225 e. The quantitative estimate of drug-likeness (QED) is 0.826. The Balaban J connectivity index is 1.64. The standard InChI is InChI=1S/C24H30N2O2/c1-18(2)24(28)26-15-13-21(14-16-26)23(27)25-22(20-11-7-4-8-12-20)17-19-9-5-3-6-10-19/h3-12,18,21-22H,13-17H2,1-2H3,(H,25,27)/t22-/m1/s1. The van der Waals surface area contributed by atoms with Crippen LogP contribution in [-0.4, -0.2) is 29.8 Å². The number of carbonyl (C=O) groups excluding carboxylic acids is 2. The number of nitrogens with zero attached hydrogens (tertiary/aromatic N) is 1. The number of hydrogen-bond acceptors (Lipinski definition) is 2. The lowest BCUT2D eigenvalue weighted by Gasteiger charge is -2.33. The predicted octanol–water partition coefficient (Wildman–Crippen LogP) is 3.98. The molecule has 0 aromatic heterocycles. The van der Waals surface area contributed by atoms with Crippen LogP contribution in [0.25, 0.3) is 0 Å². The van der Waals surface area contributed by atoms with Crippen LogP contribution in [0, 0.1) is 11.8 Å². The van der Waals surface area contributed by atoms with E-state index in [1.54, 1.807) is 0 Å². The maximum atomic E-state index is 13.0. The van der Waals surface area contributed by atoms with Gasteiger partial charge in [0.25, 0.3) is 0 Å². The molecule has 1 aliphatic heterocycles. The zero-order chi connectivity index (χ0) is 19.9. The minimum absolute atomic E-state index is 0.0127. The van der Waals surface area contributed by atoms with Gasteiger partial charge in [0, 0.05) is 24.9 Å². The van der Waals surface area contributed by atoms with Gasteiger partial charge in [-0.1, -0.05) is 74.5 Å². The highest BCUT2D eigenvalue weighted by Gasteiger charge is 2.29. The minimum Gasteiger partial charge on any atom is -0.349 e. The first-order chi connectivity index (χ1) is 13.5. The molecule has 1 heterocycles. The van der Waals surface area contributed by atoms with Gasteiger partial charge in [0.15, 0.2) is 0 Å². The molecular formula is C24H30N2O2. The van der Waals surface area contributed by atoms with E-state index >= 15 is 0 Å². The number of piperidine rings is 1. The number of likely N-dealkylation sites (tertiary alicyclic amines) is 1. The molecule has 0 radical (unpaired) electrons. The number of benzene rings is 2. The highest BCUT2D eigenvalue weighted by atomic mass is 16.2. The van der Waals surface area contributed by atoms with Gasteiger partial charge in [0.05, 0.1) is 6.04 Å². The summed E-state index contributed by atoms with van der Waals surface area (Å²) < 4.78 is 0. The second kappa shape index (κ2) is 9.54. The van der Waals surface area contributed by atoms with Crippen molar-refractivity contribution in [2.24, 2.45) is 11.8 Å². The fourth-order valence-corrected chi connectivity index (χ4v) is 3.80. The zero-order valence-corrected chi connectivity index (χ0v) is 16.8. The molecule has 1 fully saturated rings. The first kappa shape index (κ1) is 20.1. The van der Waals surface area contributed by atoms with Crippen LogP contribution in [0.5, 0.6) is 0 Å². The molecule has 1 N–H and O–H groups in total. The summed E-state index contributed by atoms with van der Waals surface area (Å²) in [4.78, 5) is 27.0. The molecule has 1 saturated heterocycles. The average Bonchev–Trinajstić information content (AvgIpc) is 2.74. The summed E-state index contributed by atoms with van der Waals surface area (Å²) in [5.41, 5.74) is 2.32. The summed E-state index contributed by atoms with van der Waals surface area (Å²) >= 11 is 0. The SMILES string of the molecule is CC(C)C(=O)N1CCC(C(=O)N[C@H](Cc2ccccc2)c2ccccc2)CC1. The Kier molecular flexibility index (Phi) is 6.85. The van der Waals surface area contributed by atoms with Crippen LogP contribution >= 0.6 is 0 Å². The van der Waals surface area contributed by atoms with Crippen molar-refractivity contribution < 1.29 is 9.59 Å². The predicted molar refractivity (Wildman–Crippen MR) is 112 cm³/mol. The molecule has 4 heteroatoms. The number of hydrogen-bond donors (Lipinski definition) is 1. The van der Waals surface area contributed by atoms with E-state index in [0.717, 1.165) is 24.8 Å². The molecule has 148 valence electrons. The molecule has 2 amide bonds. The van der Waals surface area contributed by atoms with Gasteiger partial charge >= 0.3 is 0 Å². The molecule has 28 heavy (non-hydrogen) atoms. The molecule has 2 aromatic carbocycles. The van der Waals surface area contributed by atoms with E-state index in [4.69, 9.17) is 0 Å². The van der Waals surface area contributed by atoms with Crippen molar-refractivity contribution in [3.63, 3.8) is 0 Å². The Hall–Kier alpha value is -2.62. The molecule has 4 nitrogen and oxygen atoms in total. The van der Waals surface area contributed by atoms with E-state index in [0.29, 0.717) is 13.1 Å². The lowest BCUT2D eigenvalue weighted by atomic mass is 9.93. The third-order valence-corrected chi connectivity index (χ3v) is 5.47. The van der Waals surface area contributed by atoms with Gasteiger partial charge in [-0.05, 0) is 30.4 Å². The summed E-state index contributed by atoms with van der Waals surface area (Å²) in [6.45, 7) is 5.19. The molecule has 1 atom stereocenters. The van der Waals surface area contributed by atoms with Gasteiger partial charge in [-0.3, -0.25) is 9.59 Å². The lowest BCUT2D eigenvalue weighted by Crippen LogP contribution is -2.45. The van der Waals surface area contributed by atoms with Gasteiger partial charge in [-0.25, -0.2) is 0 Å². The van der Waals surface area contributed by atoms with Crippen LogP contribution in [0.2, 0.25) is 0 Å². The zero-order valence-electron chi connectivity index (χ0n) is 16.8. The highest BCUT2D eigenvalue weighted by Crippen LogP contribution is 2.23. The van der Waals surface area contributed by atoms with Crippen molar-refractivity contribution in [3.8, 4) is 0 Å². The molecule has 0 saturated carbocycles. The minimum atomic E-state index is -0.0496. The van der Waals surface area contributed by atoms with E-state index < -0.39 is 0 Å². The summed E-state index contributed by atoms with van der Waals surface area (Å²) in [6, 6.07) is 20.3. The summed E-state index contributed by atoms with van der Waals surface area (Å²) in [6.07, 6.45) is 2.23. The normalized spacial score (nSPS) is 16.0. The summed E-state index contributed by atoms with van der Waals surface area (Å²) in [7, 11) is 0. The molecule has 1 aliphatic rings. The molecule has 0 spiro atoms. The van der Waals surface area contributed by atoms with Crippen LogP contribution in [-0.2, 0) is 16.0 Å². The lowest BCUT2D eigenvalue weighted by molar-refractivity contribution is -0.138. The second-order valence-electron chi connectivity index (χ2n) is 7.92. The van der Waals surface area contributed by atoms with Crippen LogP contribution in [0.4, 0.5) is 0 Å². The van der Waals surface area contributed by atoms with E-state index in [-0.39, 0.29) is 29.7 Å². The third kappa shape index (κ3) is 5.22. The Bertz CT molecular complexity index is 766. The van der Waals surface area contributed by atoms with E-state index in [2.05, 4.69) is 29.6 Å². The largest absolute Gasteiger partial charge is 0.349 e. The van der Waals surface area contributed by atoms with E-state index in [1.165, 1.54) is 5.56 Å². The fraction of sp³-hybridized carbons (Fsp3) is 0.417. The first-order valence-electron chi connectivity index (χ1n) is 10.2. The number of amides is 2. The van der Waals surface area contributed by atoms with E-state index in [1.807, 2.05) is 55.1 Å². The molecule has 2 aromatic rings. The van der Waals surface area contributed by atoms with Crippen molar-refractivity contribution in [3.05, 3.63) is 71.8 Å².